The van der Waals surface area contributed by atoms with Crippen LogP contribution in [0, 0.1) is 23.3 Å². The number of aryl methyl sites for hydroxylation is 1. The minimum absolute atomic E-state index is 0.0775. The van der Waals surface area contributed by atoms with Crippen LogP contribution in [0.15, 0.2) is 60.7 Å². The van der Waals surface area contributed by atoms with Gasteiger partial charge in [-0.15, -0.1) is 13.2 Å². The molecule has 4 aromatic carbocycles. The van der Waals surface area contributed by atoms with E-state index in [0.29, 0.717) is 23.8 Å². The molecule has 0 spiro atoms. The Labute approximate surface area is 210 Å². The van der Waals surface area contributed by atoms with Gasteiger partial charge in [-0.05, 0) is 41.1 Å². The summed E-state index contributed by atoms with van der Waals surface area (Å²) in [5, 5.41) is -1.27. The van der Waals surface area contributed by atoms with Crippen molar-refractivity contribution in [3.63, 3.8) is 0 Å². The molecule has 38 heavy (non-hydrogen) atoms. The average molecular weight is 544 g/mol. The van der Waals surface area contributed by atoms with Crippen LogP contribution >= 0.6 is 0 Å². The first-order valence-electron chi connectivity index (χ1n) is 11.1. The lowest BCUT2D eigenvalue weighted by atomic mass is 9.97. The number of benzene rings is 4. The number of ether oxygens (including phenoxy) is 2. The van der Waals surface area contributed by atoms with E-state index in [2.05, 4.69) is 9.47 Å². The average Bonchev–Trinajstić information content (AvgIpc) is 2.83. The molecule has 0 saturated carbocycles. The molecule has 0 aliphatic heterocycles. The molecule has 0 amide bonds. The van der Waals surface area contributed by atoms with E-state index >= 15 is 4.39 Å². The molecule has 4 rings (SSSR count). The van der Waals surface area contributed by atoms with Gasteiger partial charge < -0.3 is 9.47 Å². The van der Waals surface area contributed by atoms with Gasteiger partial charge in [0.2, 0.25) is 0 Å². The van der Waals surface area contributed by atoms with Crippen LogP contribution in [-0.2, 0) is 12.5 Å². The zero-order chi connectivity index (χ0) is 27.8. The molecule has 11 heteroatoms. The normalized spacial score (nSPS) is 12.2. The molecule has 0 aliphatic rings. The van der Waals surface area contributed by atoms with E-state index in [1.165, 1.54) is 6.07 Å². The van der Waals surface area contributed by atoms with E-state index in [9.17, 15) is 35.1 Å². The van der Waals surface area contributed by atoms with E-state index in [4.69, 9.17) is 0 Å². The van der Waals surface area contributed by atoms with Crippen molar-refractivity contribution in [1.82, 2.24) is 0 Å². The van der Waals surface area contributed by atoms with Gasteiger partial charge in [-0.1, -0.05) is 49.7 Å². The quantitative estimate of drug-likeness (QED) is 0.216. The molecule has 0 fully saturated rings. The second kappa shape index (κ2) is 10.1. The Balaban J connectivity index is 1.69. The van der Waals surface area contributed by atoms with Crippen LogP contribution in [0.3, 0.4) is 0 Å². The van der Waals surface area contributed by atoms with E-state index in [0.717, 1.165) is 24.5 Å². The van der Waals surface area contributed by atoms with Crippen molar-refractivity contribution < 1.29 is 49.0 Å². The third-order valence-electron chi connectivity index (χ3n) is 5.61. The Morgan fingerprint density at radius 3 is 2.00 bits per heavy atom. The molecule has 200 valence electrons. The maximum Gasteiger partial charge on any atom is 0.573 e. The Morgan fingerprint density at radius 1 is 0.711 bits per heavy atom. The number of alkyl halides is 5. The summed E-state index contributed by atoms with van der Waals surface area (Å²) < 4.78 is 133. The van der Waals surface area contributed by atoms with Gasteiger partial charge in [-0.25, -0.2) is 17.6 Å². The second-order valence-electron chi connectivity index (χ2n) is 8.28. The fourth-order valence-corrected chi connectivity index (χ4v) is 3.91. The smallest absolute Gasteiger partial charge is 0.429 e. The first-order chi connectivity index (χ1) is 17.8. The molecule has 0 aliphatic carbocycles. The molecule has 0 N–H and O–H groups in total. The first-order valence-corrected chi connectivity index (χ1v) is 11.1. The van der Waals surface area contributed by atoms with Crippen molar-refractivity contribution in [3.8, 4) is 22.6 Å². The predicted molar refractivity (Wildman–Crippen MR) is 121 cm³/mol. The number of fused-ring (bicyclic) bond motifs is 1. The van der Waals surface area contributed by atoms with Crippen molar-refractivity contribution in [1.29, 1.82) is 0 Å². The molecule has 0 atom stereocenters. The van der Waals surface area contributed by atoms with Crippen LogP contribution in [0.2, 0.25) is 0 Å². The summed E-state index contributed by atoms with van der Waals surface area (Å²) in [5.74, 6) is -9.20. The van der Waals surface area contributed by atoms with E-state index in [1.807, 2.05) is 6.92 Å². The molecule has 0 bridgehead atoms. The highest BCUT2D eigenvalue weighted by Gasteiger charge is 2.40. The Morgan fingerprint density at radius 2 is 1.39 bits per heavy atom. The lowest BCUT2D eigenvalue weighted by Gasteiger charge is -2.20. The van der Waals surface area contributed by atoms with Gasteiger partial charge >= 0.3 is 12.5 Å². The molecule has 0 saturated heterocycles. The van der Waals surface area contributed by atoms with Gasteiger partial charge in [0.15, 0.2) is 23.2 Å². The molecule has 0 unspecified atom stereocenters. The molecular weight excluding hydrogens is 527 g/mol. The Kier molecular flexibility index (Phi) is 7.22. The van der Waals surface area contributed by atoms with Gasteiger partial charge in [0.1, 0.15) is 17.1 Å². The summed E-state index contributed by atoms with van der Waals surface area (Å²) >= 11 is 0. The Hall–Kier alpha value is -3.89. The van der Waals surface area contributed by atoms with Crippen molar-refractivity contribution >= 4 is 10.8 Å². The van der Waals surface area contributed by atoms with E-state index < -0.39 is 63.6 Å². The highest BCUT2D eigenvalue weighted by molar-refractivity contribution is 5.89. The summed E-state index contributed by atoms with van der Waals surface area (Å²) in [6, 6.07) is 10.6. The zero-order valence-corrected chi connectivity index (χ0v) is 19.4. The topological polar surface area (TPSA) is 18.5 Å². The number of hydrogen-bond donors (Lipinski definition) is 0. The fourth-order valence-electron chi connectivity index (χ4n) is 3.91. The van der Waals surface area contributed by atoms with Crippen LogP contribution in [0.5, 0.6) is 11.5 Å². The molecule has 0 aromatic heterocycles. The van der Waals surface area contributed by atoms with Crippen molar-refractivity contribution in [2.75, 3.05) is 0 Å². The molecule has 0 heterocycles. The monoisotopic (exact) mass is 544 g/mol. The highest BCUT2D eigenvalue weighted by atomic mass is 19.4. The van der Waals surface area contributed by atoms with Gasteiger partial charge in [0, 0.05) is 11.6 Å². The summed E-state index contributed by atoms with van der Waals surface area (Å²) in [6.07, 6.45) is -8.19. The lowest BCUT2D eigenvalue weighted by Crippen LogP contribution is -2.24. The van der Waals surface area contributed by atoms with Gasteiger partial charge in [0.05, 0.1) is 5.39 Å². The summed E-state index contributed by atoms with van der Waals surface area (Å²) in [7, 11) is 0. The van der Waals surface area contributed by atoms with Crippen LogP contribution in [0.1, 0.15) is 24.5 Å². The third kappa shape index (κ3) is 5.51. The van der Waals surface area contributed by atoms with E-state index in [1.54, 1.807) is 24.3 Å². The lowest BCUT2D eigenvalue weighted by molar-refractivity contribution is -0.275. The standard InChI is InChI=1S/C27H17F9O2/c1-2-3-14-4-6-15(7-5-14)18-10-8-16-12-19(24(30)25(31)22(16)23(18)29)26(32,33)37-17-9-11-21(20(28)13-17)38-27(34,35)36/h4-13H,2-3H2,1H3. The van der Waals surface area contributed by atoms with Crippen molar-refractivity contribution in [2.45, 2.75) is 32.2 Å². The molecule has 2 nitrogen and oxygen atoms in total. The summed E-state index contributed by atoms with van der Waals surface area (Å²) in [5.41, 5.74) is -0.355. The maximum absolute atomic E-state index is 15.3. The minimum atomic E-state index is -5.24. The SMILES string of the molecule is CCCc1ccc(-c2ccc3cc(C(F)(F)Oc4ccc(OC(F)(F)F)c(F)c4)c(F)c(F)c3c2F)cc1. The van der Waals surface area contributed by atoms with Crippen LogP contribution in [0.4, 0.5) is 39.5 Å². The second-order valence-corrected chi connectivity index (χ2v) is 8.28. The summed E-state index contributed by atoms with van der Waals surface area (Å²) in [4.78, 5) is 0. The van der Waals surface area contributed by atoms with Crippen molar-refractivity contribution in [3.05, 3.63) is 95.1 Å². The largest absolute Gasteiger partial charge is 0.573 e. The van der Waals surface area contributed by atoms with Crippen molar-refractivity contribution in [2.24, 2.45) is 0 Å². The molecular formula is C27H17F9O2. The van der Waals surface area contributed by atoms with Crippen LogP contribution in [-0.4, -0.2) is 6.36 Å². The van der Waals surface area contributed by atoms with E-state index in [-0.39, 0.29) is 11.6 Å². The molecule has 4 aromatic rings. The van der Waals surface area contributed by atoms with Crippen LogP contribution in [0.25, 0.3) is 21.9 Å². The number of halogens is 9. The zero-order valence-electron chi connectivity index (χ0n) is 19.4. The van der Waals surface area contributed by atoms with Crippen LogP contribution < -0.4 is 9.47 Å². The molecule has 0 radical (unpaired) electrons. The minimum Gasteiger partial charge on any atom is -0.429 e. The fraction of sp³-hybridized carbons (Fsp3) is 0.185. The summed E-state index contributed by atoms with van der Waals surface area (Å²) in [6.45, 7) is 1.98. The number of hydrogen-bond acceptors (Lipinski definition) is 2. The highest BCUT2D eigenvalue weighted by Crippen LogP contribution is 2.40. The first kappa shape index (κ1) is 27.2. The van der Waals surface area contributed by atoms with Gasteiger partial charge in [-0.3, -0.25) is 0 Å². The van der Waals surface area contributed by atoms with Gasteiger partial charge in [0.25, 0.3) is 0 Å². The van der Waals surface area contributed by atoms with Gasteiger partial charge in [-0.2, -0.15) is 8.78 Å². The Bertz CT molecular complexity index is 1480. The number of rotatable bonds is 7. The third-order valence-corrected chi connectivity index (χ3v) is 5.61. The predicted octanol–water partition coefficient (Wildman–Crippen LogP) is 9.04. The maximum atomic E-state index is 15.3.